The lowest BCUT2D eigenvalue weighted by molar-refractivity contribution is 0.0938. The van der Waals surface area contributed by atoms with Gasteiger partial charge in [-0.3, -0.25) is 9.69 Å². The van der Waals surface area contributed by atoms with Gasteiger partial charge in [0.05, 0.1) is 0 Å². The van der Waals surface area contributed by atoms with Crippen molar-refractivity contribution in [3.05, 3.63) is 29.7 Å². The van der Waals surface area contributed by atoms with Crippen LogP contribution in [-0.4, -0.2) is 66.5 Å². The van der Waals surface area contributed by atoms with Crippen LogP contribution >= 0.6 is 0 Å². The molecule has 0 aliphatic carbocycles. The minimum Gasteiger partial charge on any atom is -0.440 e. The van der Waals surface area contributed by atoms with Gasteiger partial charge in [-0.25, -0.2) is 4.98 Å². The molecule has 0 saturated carbocycles. The minimum absolute atomic E-state index is 0.0587. The number of hydrogen-bond acceptors (Lipinski definition) is 5. The summed E-state index contributed by atoms with van der Waals surface area (Å²) in [5.74, 6) is 0.883. The van der Waals surface area contributed by atoms with Gasteiger partial charge < -0.3 is 14.6 Å². The smallest absolute Gasteiger partial charge is 0.251 e. The second-order valence-corrected chi connectivity index (χ2v) is 6.92. The molecule has 0 radical (unpaired) electrons. The Morgan fingerprint density at radius 3 is 2.64 bits per heavy atom. The zero-order valence-electron chi connectivity index (χ0n) is 15.4. The number of aromatic nitrogens is 1. The SMILES string of the molecule is CCN1CCN(CCNC(=O)c2ccc3nc(C(C)C)oc3c2)CC1. The molecule has 1 N–H and O–H groups in total. The molecule has 25 heavy (non-hydrogen) atoms. The molecule has 1 saturated heterocycles. The van der Waals surface area contributed by atoms with Crippen LogP contribution < -0.4 is 5.32 Å². The number of piperazine rings is 1. The molecule has 6 heteroatoms. The number of carbonyl (C=O) groups is 1. The van der Waals surface area contributed by atoms with E-state index >= 15 is 0 Å². The molecule has 0 atom stereocenters. The Hall–Kier alpha value is -1.92. The van der Waals surface area contributed by atoms with Crippen LogP contribution in [0.4, 0.5) is 0 Å². The standard InChI is InChI=1S/C19H28N4O2/c1-4-22-9-11-23(12-10-22)8-7-20-18(24)15-5-6-16-17(13-15)25-19(21-16)14(2)3/h5-6,13-14H,4,7-12H2,1-3H3,(H,20,24). The Morgan fingerprint density at radius 2 is 1.96 bits per heavy atom. The molecule has 1 aliphatic rings. The van der Waals surface area contributed by atoms with E-state index in [0.717, 1.165) is 44.8 Å². The highest BCUT2D eigenvalue weighted by Gasteiger charge is 2.16. The number of nitrogens with zero attached hydrogens (tertiary/aromatic N) is 3. The van der Waals surface area contributed by atoms with E-state index in [9.17, 15) is 4.79 Å². The van der Waals surface area contributed by atoms with Gasteiger partial charge in [0.2, 0.25) is 0 Å². The van der Waals surface area contributed by atoms with Crippen LogP contribution in [-0.2, 0) is 0 Å². The Bertz CT molecular complexity index is 717. The first kappa shape index (κ1) is 17.9. The average Bonchev–Trinajstić information content (AvgIpc) is 3.06. The minimum atomic E-state index is -0.0587. The van der Waals surface area contributed by atoms with Crippen molar-refractivity contribution in [2.24, 2.45) is 0 Å². The maximum absolute atomic E-state index is 12.4. The lowest BCUT2D eigenvalue weighted by Gasteiger charge is -2.33. The van der Waals surface area contributed by atoms with Gasteiger partial charge in [-0.15, -0.1) is 0 Å². The maximum atomic E-state index is 12.4. The van der Waals surface area contributed by atoms with Gasteiger partial charge in [0.15, 0.2) is 11.5 Å². The number of benzene rings is 1. The summed E-state index contributed by atoms with van der Waals surface area (Å²) in [4.78, 5) is 21.7. The predicted molar refractivity (Wildman–Crippen MR) is 99.0 cm³/mol. The van der Waals surface area contributed by atoms with Crippen LogP contribution in [0, 0.1) is 0 Å². The van der Waals surface area contributed by atoms with Crippen LogP contribution in [0.3, 0.4) is 0 Å². The Kier molecular flexibility index (Phi) is 5.71. The first-order valence-corrected chi connectivity index (χ1v) is 9.20. The van der Waals surface area contributed by atoms with Crippen LogP contribution in [0.1, 0.15) is 42.9 Å². The van der Waals surface area contributed by atoms with Crippen molar-refractivity contribution >= 4 is 17.0 Å². The first-order valence-electron chi connectivity index (χ1n) is 9.20. The van der Waals surface area contributed by atoms with E-state index in [1.807, 2.05) is 26.0 Å². The van der Waals surface area contributed by atoms with E-state index in [0.29, 0.717) is 23.6 Å². The van der Waals surface area contributed by atoms with E-state index < -0.39 is 0 Å². The first-order chi connectivity index (χ1) is 12.1. The number of rotatable bonds is 6. The molecule has 2 aromatic rings. The monoisotopic (exact) mass is 344 g/mol. The normalized spacial score (nSPS) is 16.6. The zero-order valence-corrected chi connectivity index (χ0v) is 15.4. The topological polar surface area (TPSA) is 61.6 Å². The summed E-state index contributed by atoms with van der Waals surface area (Å²) < 4.78 is 5.74. The quantitative estimate of drug-likeness (QED) is 0.871. The number of nitrogens with one attached hydrogen (secondary N) is 1. The van der Waals surface area contributed by atoms with Crippen molar-refractivity contribution in [2.75, 3.05) is 45.8 Å². The highest BCUT2D eigenvalue weighted by atomic mass is 16.3. The van der Waals surface area contributed by atoms with Crippen LogP contribution in [0.2, 0.25) is 0 Å². The molecule has 3 rings (SSSR count). The summed E-state index contributed by atoms with van der Waals surface area (Å²) in [5, 5.41) is 3.01. The third kappa shape index (κ3) is 4.38. The largest absolute Gasteiger partial charge is 0.440 e. The number of hydrogen-bond donors (Lipinski definition) is 1. The lowest BCUT2D eigenvalue weighted by Crippen LogP contribution is -2.48. The van der Waals surface area contributed by atoms with Gasteiger partial charge in [0, 0.05) is 50.7 Å². The second-order valence-electron chi connectivity index (χ2n) is 6.92. The molecule has 6 nitrogen and oxygen atoms in total. The third-order valence-electron chi connectivity index (χ3n) is 4.79. The molecule has 2 heterocycles. The molecule has 1 aliphatic heterocycles. The van der Waals surface area contributed by atoms with Crippen molar-refractivity contribution < 1.29 is 9.21 Å². The van der Waals surface area contributed by atoms with Gasteiger partial charge >= 0.3 is 0 Å². The van der Waals surface area contributed by atoms with Crippen molar-refractivity contribution in [2.45, 2.75) is 26.7 Å². The summed E-state index contributed by atoms with van der Waals surface area (Å²) >= 11 is 0. The zero-order chi connectivity index (χ0) is 17.8. The summed E-state index contributed by atoms with van der Waals surface area (Å²) in [6.07, 6.45) is 0. The second kappa shape index (κ2) is 7.97. The molecule has 1 amide bonds. The fourth-order valence-electron chi connectivity index (χ4n) is 3.09. The molecular weight excluding hydrogens is 316 g/mol. The van der Waals surface area contributed by atoms with E-state index in [4.69, 9.17) is 4.42 Å². The number of likely N-dealkylation sites (N-methyl/N-ethyl adjacent to an activating group) is 1. The van der Waals surface area contributed by atoms with Crippen LogP contribution in [0.25, 0.3) is 11.1 Å². The van der Waals surface area contributed by atoms with Crippen molar-refractivity contribution in [3.8, 4) is 0 Å². The molecule has 0 bridgehead atoms. The summed E-state index contributed by atoms with van der Waals surface area (Å²) in [5.41, 5.74) is 2.09. The van der Waals surface area contributed by atoms with Crippen LogP contribution in [0.15, 0.2) is 22.6 Å². The van der Waals surface area contributed by atoms with Gasteiger partial charge in [0.25, 0.3) is 5.91 Å². The molecule has 0 unspecified atom stereocenters. The fraction of sp³-hybridized carbons (Fsp3) is 0.579. The molecule has 1 fully saturated rings. The fourth-order valence-corrected chi connectivity index (χ4v) is 3.09. The van der Waals surface area contributed by atoms with E-state index in [1.54, 1.807) is 6.07 Å². The van der Waals surface area contributed by atoms with Gasteiger partial charge in [-0.05, 0) is 24.7 Å². The number of amides is 1. The highest BCUT2D eigenvalue weighted by molar-refractivity contribution is 5.97. The molecule has 1 aromatic heterocycles. The molecule has 0 spiro atoms. The van der Waals surface area contributed by atoms with E-state index in [2.05, 4.69) is 27.0 Å². The summed E-state index contributed by atoms with van der Waals surface area (Å²) in [7, 11) is 0. The number of fused-ring (bicyclic) bond motifs is 1. The summed E-state index contributed by atoms with van der Waals surface area (Å²) in [6, 6.07) is 5.44. The van der Waals surface area contributed by atoms with Crippen molar-refractivity contribution in [1.29, 1.82) is 0 Å². The lowest BCUT2D eigenvalue weighted by atomic mass is 10.2. The number of carbonyl (C=O) groups excluding carboxylic acids is 1. The summed E-state index contributed by atoms with van der Waals surface area (Å²) in [6.45, 7) is 13.3. The third-order valence-corrected chi connectivity index (χ3v) is 4.79. The van der Waals surface area contributed by atoms with E-state index in [-0.39, 0.29) is 11.8 Å². The molecule has 136 valence electrons. The maximum Gasteiger partial charge on any atom is 0.251 e. The highest BCUT2D eigenvalue weighted by Crippen LogP contribution is 2.22. The van der Waals surface area contributed by atoms with E-state index in [1.165, 1.54) is 0 Å². The predicted octanol–water partition coefficient (Wildman–Crippen LogP) is 2.32. The molecular formula is C19H28N4O2. The Balaban J connectivity index is 1.52. The van der Waals surface area contributed by atoms with Gasteiger partial charge in [0.1, 0.15) is 5.52 Å². The number of oxazole rings is 1. The van der Waals surface area contributed by atoms with Crippen molar-refractivity contribution in [1.82, 2.24) is 20.1 Å². The van der Waals surface area contributed by atoms with Crippen molar-refractivity contribution in [3.63, 3.8) is 0 Å². The van der Waals surface area contributed by atoms with Crippen LogP contribution in [0.5, 0.6) is 0 Å². The Labute approximate surface area is 149 Å². The molecule has 1 aromatic carbocycles. The Morgan fingerprint density at radius 1 is 1.24 bits per heavy atom. The van der Waals surface area contributed by atoms with Gasteiger partial charge in [-0.2, -0.15) is 0 Å². The van der Waals surface area contributed by atoms with Gasteiger partial charge in [-0.1, -0.05) is 20.8 Å². The average molecular weight is 344 g/mol.